The van der Waals surface area contributed by atoms with Crippen molar-refractivity contribution in [1.29, 1.82) is 0 Å². The number of allylic oxidation sites excluding steroid dienone is 2. The van der Waals surface area contributed by atoms with Crippen LogP contribution in [0.2, 0.25) is 0 Å². The molecule has 0 aromatic carbocycles. The third-order valence-electron chi connectivity index (χ3n) is 6.95. The summed E-state index contributed by atoms with van der Waals surface area (Å²) >= 11 is 0. The average Bonchev–Trinajstić information content (AvgIpc) is 2.86. The highest BCUT2D eigenvalue weighted by Gasteiger charge is 2.35. The predicted molar refractivity (Wildman–Crippen MR) is 143 cm³/mol. The van der Waals surface area contributed by atoms with Crippen molar-refractivity contribution in [3.8, 4) is 0 Å². The standard InChI is InChI=1S/C29H45NO8/c1-20(19-36-28(34)30-16-7-6-8-17-30)10-9-11-21(2)27-22(3)12-13-25(37-23(4)31)29(5,35)15-14-24(32)18-26(33)38-27/h9-13,20,22,24-25,27,32,35H,6-8,14-19H2,1-5H3/b10-9+,13-12-,21-11+/t20-,22+,24-,25+,27-,29-/m1/s1. The highest BCUT2D eigenvalue weighted by atomic mass is 16.6. The van der Waals surface area contributed by atoms with E-state index in [2.05, 4.69) is 0 Å². The molecule has 6 atom stereocenters. The van der Waals surface area contributed by atoms with Crippen LogP contribution >= 0.6 is 0 Å². The Morgan fingerprint density at radius 1 is 1.24 bits per heavy atom. The molecule has 0 spiro atoms. The number of nitrogens with zero attached hydrogens (tertiary/aromatic N) is 1. The van der Waals surface area contributed by atoms with Crippen molar-refractivity contribution in [2.45, 2.75) is 97.1 Å². The molecule has 0 radical (unpaired) electrons. The van der Waals surface area contributed by atoms with Gasteiger partial charge in [0.05, 0.1) is 19.1 Å². The van der Waals surface area contributed by atoms with Crippen LogP contribution in [0, 0.1) is 11.8 Å². The SMILES string of the molecule is CC(=O)O[C@H]1/C=C\[C@H](C)[C@@H](/C(C)=C/C=C/[C@@H](C)COC(=O)N2CCCCC2)OC(=O)C[C@H](O)CC[C@@]1(C)O. The molecular formula is C29H45NO8. The summed E-state index contributed by atoms with van der Waals surface area (Å²) in [6.45, 7) is 10.2. The molecule has 2 aliphatic rings. The molecule has 2 rings (SSSR count). The molecule has 0 aromatic heterocycles. The molecule has 0 bridgehead atoms. The fraction of sp³-hybridized carbons (Fsp3) is 0.690. The van der Waals surface area contributed by atoms with Crippen LogP contribution < -0.4 is 0 Å². The summed E-state index contributed by atoms with van der Waals surface area (Å²) in [7, 11) is 0. The normalized spacial score (nSPS) is 31.5. The molecule has 2 aliphatic heterocycles. The first-order chi connectivity index (χ1) is 17.9. The Kier molecular flexibility index (Phi) is 12.5. The number of cyclic esters (lactones) is 1. The minimum absolute atomic E-state index is 0.00849. The van der Waals surface area contributed by atoms with E-state index in [1.807, 2.05) is 39.0 Å². The zero-order valence-corrected chi connectivity index (χ0v) is 23.4. The first-order valence-corrected chi connectivity index (χ1v) is 13.6. The lowest BCUT2D eigenvalue weighted by Crippen LogP contribution is -2.42. The number of hydrogen-bond acceptors (Lipinski definition) is 8. The van der Waals surface area contributed by atoms with Gasteiger partial charge in [-0.3, -0.25) is 9.59 Å². The molecule has 0 aliphatic carbocycles. The van der Waals surface area contributed by atoms with Crippen molar-refractivity contribution in [2.24, 2.45) is 11.8 Å². The van der Waals surface area contributed by atoms with E-state index in [0.29, 0.717) is 0 Å². The van der Waals surface area contributed by atoms with Crippen LogP contribution in [0.4, 0.5) is 4.79 Å². The highest BCUT2D eigenvalue weighted by Crippen LogP contribution is 2.27. The molecule has 9 heteroatoms. The van der Waals surface area contributed by atoms with Crippen molar-refractivity contribution in [3.63, 3.8) is 0 Å². The Balaban J connectivity index is 2.10. The molecule has 1 amide bonds. The number of piperidine rings is 1. The van der Waals surface area contributed by atoms with Crippen LogP contribution in [0.1, 0.15) is 73.1 Å². The molecule has 0 unspecified atom stereocenters. The van der Waals surface area contributed by atoms with Gasteiger partial charge in [0.2, 0.25) is 0 Å². The minimum Gasteiger partial charge on any atom is -0.457 e. The van der Waals surface area contributed by atoms with Crippen molar-refractivity contribution >= 4 is 18.0 Å². The van der Waals surface area contributed by atoms with Gasteiger partial charge in [0, 0.05) is 31.8 Å². The Labute approximate surface area is 226 Å². The number of carbonyl (C=O) groups excluding carboxylic acids is 3. The fourth-order valence-corrected chi connectivity index (χ4v) is 4.55. The summed E-state index contributed by atoms with van der Waals surface area (Å²) in [6, 6.07) is 0. The van der Waals surface area contributed by atoms with Gasteiger partial charge in [-0.1, -0.05) is 38.2 Å². The molecule has 2 N–H and O–H groups in total. The number of hydrogen-bond donors (Lipinski definition) is 2. The third-order valence-corrected chi connectivity index (χ3v) is 6.95. The number of rotatable bonds is 6. The van der Waals surface area contributed by atoms with E-state index < -0.39 is 35.9 Å². The van der Waals surface area contributed by atoms with E-state index >= 15 is 0 Å². The van der Waals surface area contributed by atoms with Gasteiger partial charge in [-0.15, -0.1) is 0 Å². The number of aliphatic hydroxyl groups excluding tert-OH is 1. The summed E-state index contributed by atoms with van der Waals surface area (Å²) in [5.74, 6) is -1.38. The summed E-state index contributed by atoms with van der Waals surface area (Å²) in [5, 5.41) is 21.2. The lowest BCUT2D eigenvalue weighted by Gasteiger charge is -2.32. The molecule has 214 valence electrons. The molecule has 1 saturated heterocycles. The molecular weight excluding hydrogens is 490 g/mol. The van der Waals surface area contributed by atoms with Crippen LogP contribution in [0.5, 0.6) is 0 Å². The Morgan fingerprint density at radius 2 is 1.92 bits per heavy atom. The quantitative estimate of drug-likeness (QED) is 0.226. The maximum Gasteiger partial charge on any atom is 0.409 e. The lowest BCUT2D eigenvalue weighted by molar-refractivity contribution is -0.157. The number of ether oxygens (including phenoxy) is 3. The summed E-state index contributed by atoms with van der Waals surface area (Å²) in [6.07, 6.45) is 9.41. The number of esters is 2. The minimum atomic E-state index is -1.41. The highest BCUT2D eigenvalue weighted by molar-refractivity contribution is 5.70. The van der Waals surface area contributed by atoms with Crippen LogP contribution in [0.25, 0.3) is 0 Å². The maximum absolute atomic E-state index is 12.6. The molecule has 0 aromatic rings. The topological polar surface area (TPSA) is 123 Å². The van der Waals surface area contributed by atoms with Crippen LogP contribution in [-0.2, 0) is 23.8 Å². The van der Waals surface area contributed by atoms with Gasteiger partial charge in [-0.2, -0.15) is 0 Å². The van der Waals surface area contributed by atoms with Crippen LogP contribution in [0.15, 0.2) is 36.0 Å². The molecule has 1 fully saturated rings. The van der Waals surface area contributed by atoms with Gasteiger partial charge in [0.1, 0.15) is 17.8 Å². The van der Waals surface area contributed by atoms with E-state index in [1.165, 1.54) is 6.92 Å². The molecule has 0 saturated carbocycles. The second-order valence-electron chi connectivity index (χ2n) is 10.8. The number of carbonyl (C=O) groups is 3. The van der Waals surface area contributed by atoms with E-state index in [-0.39, 0.29) is 43.8 Å². The second-order valence-corrected chi connectivity index (χ2v) is 10.8. The monoisotopic (exact) mass is 535 g/mol. The lowest BCUT2D eigenvalue weighted by atomic mass is 9.88. The smallest absolute Gasteiger partial charge is 0.409 e. The van der Waals surface area contributed by atoms with Crippen molar-refractivity contribution in [3.05, 3.63) is 36.0 Å². The van der Waals surface area contributed by atoms with Crippen LogP contribution in [-0.4, -0.2) is 76.8 Å². The summed E-state index contributed by atoms with van der Waals surface area (Å²) in [4.78, 5) is 38.2. The van der Waals surface area contributed by atoms with E-state index in [0.717, 1.165) is 37.9 Å². The van der Waals surface area contributed by atoms with Gasteiger partial charge in [0.25, 0.3) is 0 Å². The zero-order chi connectivity index (χ0) is 28.3. The van der Waals surface area contributed by atoms with E-state index in [9.17, 15) is 24.6 Å². The number of aliphatic hydroxyl groups is 2. The Hall–Kier alpha value is -2.65. The second kappa shape index (κ2) is 15.1. The van der Waals surface area contributed by atoms with Gasteiger partial charge in [-0.25, -0.2) is 4.79 Å². The van der Waals surface area contributed by atoms with E-state index in [4.69, 9.17) is 14.2 Å². The van der Waals surface area contributed by atoms with Crippen molar-refractivity contribution in [1.82, 2.24) is 4.90 Å². The van der Waals surface area contributed by atoms with Gasteiger partial charge < -0.3 is 29.3 Å². The molecule has 38 heavy (non-hydrogen) atoms. The first kappa shape index (κ1) is 31.6. The summed E-state index contributed by atoms with van der Waals surface area (Å²) < 4.78 is 16.5. The van der Waals surface area contributed by atoms with Gasteiger partial charge >= 0.3 is 18.0 Å². The predicted octanol–water partition coefficient (Wildman–Crippen LogP) is 4.08. The fourth-order valence-electron chi connectivity index (χ4n) is 4.55. The summed E-state index contributed by atoms with van der Waals surface area (Å²) in [5.41, 5.74) is -0.644. The largest absolute Gasteiger partial charge is 0.457 e. The van der Waals surface area contributed by atoms with Crippen molar-refractivity contribution < 1.29 is 38.8 Å². The van der Waals surface area contributed by atoms with E-state index in [1.54, 1.807) is 24.0 Å². The average molecular weight is 536 g/mol. The maximum atomic E-state index is 12.6. The number of amides is 1. The Morgan fingerprint density at radius 3 is 2.58 bits per heavy atom. The van der Waals surface area contributed by atoms with Gasteiger partial charge in [-0.05, 0) is 57.6 Å². The first-order valence-electron chi connectivity index (χ1n) is 13.6. The van der Waals surface area contributed by atoms with Gasteiger partial charge in [0.15, 0.2) is 0 Å². The number of likely N-dealkylation sites (tertiary alicyclic amines) is 1. The Bertz CT molecular complexity index is 887. The molecule has 9 nitrogen and oxygen atoms in total. The molecule has 2 heterocycles. The third kappa shape index (κ3) is 10.6. The zero-order valence-electron chi connectivity index (χ0n) is 23.4. The van der Waals surface area contributed by atoms with Crippen molar-refractivity contribution in [2.75, 3.05) is 19.7 Å². The van der Waals surface area contributed by atoms with Crippen LogP contribution in [0.3, 0.4) is 0 Å².